The Morgan fingerprint density at radius 2 is 2.03 bits per heavy atom. The van der Waals surface area contributed by atoms with Crippen LogP contribution in [0.5, 0.6) is 11.5 Å². The third-order valence-electron chi connectivity index (χ3n) is 4.58. The Bertz CT molecular complexity index is 1110. The number of nitrogens with one attached hydrogen (secondary N) is 1. The molecule has 0 aliphatic heterocycles. The van der Waals surface area contributed by atoms with Crippen LogP contribution in [0.4, 0.5) is 5.69 Å². The van der Waals surface area contributed by atoms with E-state index in [1.54, 1.807) is 18.2 Å². The normalized spacial score (nSPS) is 10.7. The van der Waals surface area contributed by atoms with Gasteiger partial charge in [-0.05, 0) is 71.7 Å². The number of aromatic nitrogens is 3. The molecule has 2 aromatic carbocycles. The lowest BCUT2D eigenvalue weighted by Crippen LogP contribution is -2.15. The zero-order valence-electron chi connectivity index (χ0n) is 18.8. The number of rotatable bonds is 13. The zero-order chi connectivity index (χ0) is 24.3. The van der Waals surface area contributed by atoms with Crippen molar-refractivity contribution in [1.29, 1.82) is 0 Å². The van der Waals surface area contributed by atoms with Gasteiger partial charge >= 0.3 is 0 Å². The van der Waals surface area contributed by atoms with Gasteiger partial charge in [0, 0.05) is 23.7 Å². The number of nitrogens with zero attached hydrogens (tertiary/aromatic N) is 3. The first-order chi connectivity index (χ1) is 16.5. The summed E-state index contributed by atoms with van der Waals surface area (Å²) in [6, 6.07) is 12.7. The second-order valence-electron chi connectivity index (χ2n) is 7.12. The number of amides is 1. The highest BCUT2D eigenvalue weighted by Gasteiger charge is 2.14. The monoisotopic (exact) mass is 564 g/mol. The summed E-state index contributed by atoms with van der Waals surface area (Å²) in [7, 11) is 0. The highest BCUT2D eigenvalue weighted by atomic mass is 79.9. The molecule has 7 nitrogen and oxygen atoms in total. The predicted molar refractivity (Wildman–Crippen MR) is 140 cm³/mol. The van der Waals surface area contributed by atoms with E-state index in [9.17, 15) is 4.79 Å². The van der Waals surface area contributed by atoms with Gasteiger partial charge in [-0.15, -0.1) is 16.8 Å². The van der Waals surface area contributed by atoms with Crippen molar-refractivity contribution in [2.45, 2.75) is 31.5 Å². The fourth-order valence-corrected chi connectivity index (χ4v) is 4.62. The maximum absolute atomic E-state index is 12.4. The molecule has 34 heavy (non-hydrogen) atoms. The summed E-state index contributed by atoms with van der Waals surface area (Å²) in [5.41, 5.74) is 0.717. The van der Waals surface area contributed by atoms with Gasteiger partial charge in [0.05, 0.1) is 23.4 Å². The lowest BCUT2D eigenvalue weighted by atomic mass is 10.3. The lowest BCUT2D eigenvalue weighted by Gasteiger charge is -2.10. The van der Waals surface area contributed by atoms with E-state index < -0.39 is 0 Å². The quantitative estimate of drug-likeness (QED) is 0.155. The Balaban J connectivity index is 1.50. The number of carbonyl (C=O) groups excluding carboxylic acids is 1. The maximum atomic E-state index is 12.4. The standard InChI is InChI=1S/C24H26BrClN4O3S/c1-3-13-30-22(6-5-14-33-21-12-7-17(26)15-20(21)25)28-29-24(30)34-16-23(31)27-18-8-10-19(11-9-18)32-4-2/h3,7-12,15H,1,4-6,13-14,16H2,2H3,(H,27,31). The van der Waals surface area contributed by atoms with Gasteiger partial charge in [0.2, 0.25) is 5.91 Å². The number of hydrogen-bond acceptors (Lipinski definition) is 6. The molecule has 0 radical (unpaired) electrons. The van der Waals surface area contributed by atoms with E-state index in [-0.39, 0.29) is 11.7 Å². The fourth-order valence-electron chi connectivity index (χ4n) is 3.06. The van der Waals surface area contributed by atoms with Gasteiger partial charge in [0.25, 0.3) is 0 Å². The number of anilines is 1. The highest BCUT2D eigenvalue weighted by molar-refractivity contribution is 9.10. The number of carbonyl (C=O) groups is 1. The molecule has 1 heterocycles. The molecule has 0 fully saturated rings. The third-order valence-corrected chi connectivity index (χ3v) is 6.40. The van der Waals surface area contributed by atoms with Crippen molar-refractivity contribution < 1.29 is 14.3 Å². The molecule has 0 aliphatic carbocycles. The van der Waals surface area contributed by atoms with E-state index in [0.717, 1.165) is 33.9 Å². The van der Waals surface area contributed by atoms with Crippen molar-refractivity contribution in [1.82, 2.24) is 14.8 Å². The van der Waals surface area contributed by atoms with Crippen molar-refractivity contribution in [3.8, 4) is 11.5 Å². The van der Waals surface area contributed by atoms with E-state index in [0.29, 0.717) is 36.4 Å². The van der Waals surface area contributed by atoms with Gasteiger partial charge in [-0.25, -0.2) is 0 Å². The van der Waals surface area contributed by atoms with Crippen molar-refractivity contribution in [3.63, 3.8) is 0 Å². The second kappa shape index (κ2) is 13.4. The van der Waals surface area contributed by atoms with Crippen LogP contribution in [-0.2, 0) is 17.8 Å². The number of halogens is 2. The van der Waals surface area contributed by atoms with E-state index in [1.165, 1.54) is 11.8 Å². The fraction of sp³-hybridized carbons (Fsp3) is 0.292. The molecule has 3 rings (SSSR count). The van der Waals surface area contributed by atoms with Crippen LogP contribution in [0.1, 0.15) is 19.2 Å². The van der Waals surface area contributed by atoms with E-state index in [2.05, 4.69) is 38.0 Å². The Kier molecular flexibility index (Phi) is 10.3. The van der Waals surface area contributed by atoms with Gasteiger partial charge < -0.3 is 19.4 Å². The molecule has 0 unspecified atom stereocenters. The lowest BCUT2D eigenvalue weighted by molar-refractivity contribution is -0.113. The minimum Gasteiger partial charge on any atom is -0.494 e. The molecule has 3 aromatic rings. The number of thioether (sulfide) groups is 1. The van der Waals surface area contributed by atoms with Crippen LogP contribution < -0.4 is 14.8 Å². The molecule has 1 aromatic heterocycles. The molecular weight excluding hydrogens is 540 g/mol. The summed E-state index contributed by atoms with van der Waals surface area (Å²) in [5, 5.41) is 12.8. The van der Waals surface area contributed by atoms with Crippen LogP contribution in [0.3, 0.4) is 0 Å². The average Bonchev–Trinajstić information content (AvgIpc) is 3.19. The minimum atomic E-state index is -0.120. The number of hydrogen-bond donors (Lipinski definition) is 1. The Hall–Kier alpha value is -2.49. The van der Waals surface area contributed by atoms with Crippen LogP contribution in [-0.4, -0.2) is 39.6 Å². The first-order valence-electron chi connectivity index (χ1n) is 10.8. The Labute approximate surface area is 217 Å². The summed E-state index contributed by atoms with van der Waals surface area (Å²) >= 11 is 10.8. The van der Waals surface area contributed by atoms with E-state index >= 15 is 0 Å². The Morgan fingerprint density at radius 3 is 2.74 bits per heavy atom. The molecular formula is C24H26BrClN4O3S. The zero-order valence-corrected chi connectivity index (χ0v) is 22.0. The van der Waals surface area contributed by atoms with Gasteiger partial charge in [0.15, 0.2) is 5.16 Å². The molecule has 1 N–H and O–H groups in total. The minimum absolute atomic E-state index is 0.120. The summed E-state index contributed by atoms with van der Waals surface area (Å²) in [6.07, 6.45) is 3.23. The second-order valence-corrected chi connectivity index (χ2v) is 9.35. The molecule has 0 atom stereocenters. The van der Waals surface area contributed by atoms with E-state index in [4.69, 9.17) is 21.1 Å². The molecule has 1 amide bonds. The number of allylic oxidation sites excluding steroid dienone is 1. The molecule has 0 spiro atoms. The maximum Gasteiger partial charge on any atom is 0.234 e. The van der Waals surface area contributed by atoms with E-state index in [1.807, 2.05) is 41.8 Å². The molecule has 0 bridgehead atoms. The molecule has 0 saturated carbocycles. The van der Waals surface area contributed by atoms with Crippen molar-refractivity contribution in [2.75, 3.05) is 24.3 Å². The average molecular weight is 566 g/mol. The molecule has 10 heteroatoms. The van der Waals surface area contributed by atoms with Crippen molar-refractivity contribution in [3.05, 3.63) is 70.4 Å². The number of ether oxygens (including phenoxy) is 2. The summed E-state index contributed by atoms with van der Waals surface area (Å²) in [4.78, 5) is 12.4. The van der Waals surface area contributed by atoms with Crippen molar-refractivity contribution >= 4 is 50.9 Å². The SMILES string of the molecule is C=CCn1c(CCCOc2ccc(Cl)cc2Br)nnc1SCC(=O)Nc1ccc(OCC)cc1. The van der Waals surface area contributed by atoms with Gasteiger partial charge in [-0.2, -0.15) is 0 Å². The topological polar surface area (TPSA) is 78.3 Å². The number of aryl methyl sites for hydroxylation is 1. The van der Waals surface area contributed by atoms with Crippen LogP contribution in [0.2, 0.25) is 5.02 Å². The van der Waals surface area contributed by atoms with Gasteiger partial charge in [-0.3, -0.25) is 4.79 Å². The van der Waals surface area contributed by atoms with Crippen molar-refractivity contribution in [2.24, 2.45) is 0 Å². The summed E-state index contributed by atoms with van der Waals surface area (Å²) in [6.45, 7) is 7.44. The summed E-state index contributed by atoms with van der Waals surface area (Å²) in [5.74, 6) is 2.44. The summed E-state index contributed by atoms with van der Waals surface area (Å²) < 4.78 is 14.0. The predicted octanol–water partition coefficient (Wildman–Crippen LogP) is 6.02. The Morgan fingerprint density at radius 1 is 1.24 bits per heavy atom. The van der Waals surface area contributed by atoms with Gasteiger partial charge in [-0.1, -0.05) is 29.4 Å². The molecule has 180 valence electrons. The smallest absolute Gasteiger partial charge is 0.234 e. The van der Waals surface area contributed by atoms with Gasteiger partial charge in [0.1, 0.15) is 17.3 Å². The first-order valence-corrected chi connectivity index (χ1v) is 12.9. The van der Waals surface area contributed by atoms with Crippen LogP contribution in [0.25, 0.3) is 0 Å². The highest BCUT2D eigenvalue weighted by Crippen LogP contribution is 2.28. The van der Waals surface area contributed by atoms with Crippen LogP contribution in [0, 0.1) is 0 Å². The molecule has 0 saturated heterocycles. The number of benzene rings is 2. The molecule has 0 aliphatic rings. The largest absolute Gasteiger partial charge is 0.494 e. The third kappa shape index (κ3) is 7.78. The van der Waals surface area contributed by atoms with Crippen LogP contribution >= 0.6 is 39.3 Å². The van der Waals surface area contributed by atoms with Crippen LogP contribution in [0.15, 0.2) is 64.7 Å². The first kappa shape index (κ1) is 26.1.